The Labute approximate surface area is 214 Å². The first-order valence-electron chi connectivity index (χ1n) is 11.4. The van der Waals surface area contributed by atoms with Crippen molar-refractivity contribution in [3.05, 3.63) is 92.8 Å². The van der Waals surface area contributed by atoms with Crippen molar-refractivity contribution >= 4 is 22.6 Å². The van der Waals surface area contributed by atoms with Crippen molar-refractivity contribution in [2.75, 3.05) is 19.5 Å². The minimum atomic E-state index is -4.51. The molecule has 2 heterocycles. The highest BCUT2D eigenvalue weighted by molar-refractivity contribution is 5.91. The summed E-state index contributed by atoms with van der Waals surface area (Å²) < 4.78 is 51.0. The van der Waals surface area contributed by atoms with E-state index >= 15 is 0 Å². The molecular weight excluding hydrogens is 505 g/mol. The van der Waals surface area contributed by atoms with Crippen molar-refractivity contribution in [3.8, 4) is 11.5 Å². The number of fused-ring (bicyclic) bond motifs is 1. The second-order valence-corrected chi connectivity index (χ2v) is 8.26. The van der Waals surface area contributed by atoms with Crippen LogP contribution < -0.4 is 26.0 Å². The number of alkyl halides is 3. The van der Waals surface area contributed by atoms with Gasteiger partial charge in [0.25, 0.3) is 5.56 Å². The summed E-state index contributed by atoms with van der Waals surface area (Å²) in [4.78, 5) is 43.3. The normalized spacial score (nSPS) is 11.4. The third-order valence-corrected chi connectivity index (χ3v) is 5.86. The van der Waals surface area contributed by atoms with Crippen LogP contribution in [0.2, 0.25) is 0 Å². The average molecular weight is 528 g/mol. The number of aromatic nitrogens is 3. The predicted octanol–water partition coefficient (Wildman–Crippen LogP) is 3.48. The maximum absolute atomic E-state index is 13.3. The number of hydrogen-bond acceptors (Lipinski definition) is 6. The molecule has 1 N–H and O–H groups in total. The van der Waals surface area contributed by atoms with Crippen LogP contribution in [-0.2, 0) is 30.5 Å². The minimum absolute atomic E-state index is 0.000186. The van der Waals surface area contributed by atoms with E-state index < -0.39 is 35.4 Å². The summed E-state index contributed by atoms with van der Waals surface area (Å²) in [6.45, 7) is -0.487. The van der Waals surface area contributed by atoms with Gasteiger partial charge in [0, 0.05) is 18.4 Å². The number of hydrogen-bond donors (Lipinski definition) is 1. The molecule has 4 aromatic rings. The molecule has 0 spiro atoms. The van der Waals surface area contributed by atoms with E-state index in [1.165, 1.54) is 32.5 Å². The smallest absolute Gasteiger partial charge is 0.416 e. The summed E-state index contributed by atoms with van der Waals surface area (Å²) in [5.74, 6) is 0.363. The van der Waals surface area contributed by atoms with Crippen molar-refractivity contribution in [3.63, 3.8) is 0 Å². The van der Waals surface area contributed by atoms with Gasteiger partial charge in [-0.2, -0.15) is 13.2 Å². The fraction of sp³-hybridized carbons (Fsp3) is 0.231. The van der Waals surface area contributed by atoms with Crippen molar-refractivity contribution in [1.82, 2.24) is 14.1 Å². The molecule has 1 amide bonds. The van der Waals surface area contributed by atoms with Crippen LogP contribution in [0.25, 0.3) is 11.0 Å². The first-order valence-corrected chi connectivity index (χ1v) is 11.4. The van der Waals surface area contributed by atoms with Gasteiger partial charge in [-0.15, -0.1) is 0 Å². The number of aryl methyl sites for hydroxylation is 1. The number of amides is 1. The fourth-order valence-corrected chi connectivity index (χ4v) is 3.96. The Balaban J connectivity index is 1.62. The van der Waals surface area contributed by atoms with Gasteiger partial charge < -0.3 is 14.8 Å². The summed E-state index contributed by atoms with van der Waals surface area (Å²) in [5.41, 5.74) is -1.12. The first-order chi connectivity index (χ1) is 18.1. The number of pyridine rings is 1. The third-order valence-electron chi connectivity index (χ3n) is 5.86. The molecule has 0 radical (unpaired) electrons. The van der Waals surface area contributed by atoms with Gasteiger partial charge in [0.1, 0.15) is 6.54 Å². The van der Waals surface area contributed by atoms with Gasteiger partial charge in [-0.25, -0.2) is 9.78 Å². The van der Waals surface area contributed by atoms with Gasteiger partial charge in [0.05, 0.1) is 25.3 Å². The Hall–Kier alpha value is -4.61. The molecule has 0 bridgehead atoms. The van der Waals surface area contributed by atoms with Crippen LogP contribution in [-0.4, -0.2) is 34.2 Å². The molecule has 38 heavy (non-hydrogen) atoms. The molecule has 0 saturated heterocycles. The fourth-order valence-electron chi connectivity index (χ4n) is 3.96. The molecule has 0 unspecified atom stereocenters. The summed E-state index contributed by atoms with van der Waals surface area (Å²) in [7, 11) is 3.00. The summed E-state index contributed by atoms with van der Waals surface area (Å²) in [5, 5.41) is 2.48. The van der Waals surface area contributed by atoms with Gasteiger partial charge >= 0.3 is 11.9 Å². The minimum Gasteiger partial charge on any atom is -0.493 e. The molecule has 0 aliphatic carbocycles. The highest BCUT2D eigenvalue weighted by Crippen LogP contribution is 2.30. The number of benzene rings is 2. The van der Waals surface area contributed by atoms with E-state index in [0.29, 0.717) is 17.9 Å². The number of ether oxygens (including phenoxy) is 2. The van der Waals surface area contributed by atoms with Crippen LogP contribution in [0, 0.1) is 0 Å². The molecule has 0 saturated carbocycles. The largest absolute Gasteiger partial charge is 0.493 e. The van der Waals surface area contributed by atoms with Gasteiger partial charge in [-0.05, 0) is 60.5 Å². The van der Waals surface area contributed by atoms with E-state index in [1.807, 2.05) is 0 Å². The molecule has 0 fully saturated rings. The van der Waals surface area contributed by atoms with Crippen LogP contribution in [0.4, 0.5) is 18.9 Å². The zero-order valence-electron chi connectivity index (χ0n) is 20.4. The molecule has 4 rings (SSSR count). The highest BCUT2D eigenvalue weighted by atomic mass is 19.4. The molecule has 2 aromatic heterocycles. The van der Waals surface area contributed by atoms with Gasteiger partial charge in [-0.1, -0.05) is 6.07 Å². The van der Waals surface area contributed by atoms with Gasteiger partial charge in [0.2, 0.25) is 5.91 Å². The SMILES string of the molecule is COc1ccc(CCn2c(=O)c3ncccc3n(CC(=O)Nc3ccc(C(F)(F)F)cc3)c2=O)cc1OC. The average Bonchev–Trinajstić information content (AvgIpc) is 2.90. The number of halogens is 3. The lowest BCUT2D eigenvalue weighted by atomic mass is 10.1. The van der Waals surface area contributed by atoms with Crippen LogP contribution in [0.1, 0.15) is 11.1 Å². The number of rotatable bonds is 8. The Morgan fingerprint density at radius 1 is 0.974 bits per heavy atom. The Kier molecular flexibility index (Phi) is 7.51. The quantitative estimate of drug-likeness (QED) is 0.376. The lowest BCUT2D eigenvalue weighted by molar-refractivity contribution is -0.137. The number of carbonyl (C=O) groups is 1. The van der Waals surface area contributed by atoms with E-state index in [2.05, 4.69) is 10.3 Å². The van der Waals surface area contributed by atoms with E-state index in [-0.39, 0.29) is 23.3 Å². The molecule has 198 valence electrons. The number of methoxy groups -OCH3 is 2. The summed E-state index contributed by atoms with van der Waals surface area (Å²) in [6.07, 6.45) is -2.81. The number of carbonyl (C=O) groups excluding carboxylic acids is 1. The number of nitrogens with one attached hydrogen (secondary N) is 1. The van der Waals surface area contributed by atoms with Crippen LogP contribution >= 0.6 is 0 Å². The molecule has 12 heteroatoms. The van der Waals surface area contributed by atoms with Crippen LogP contribution in [0.3, 0.4) is 0 Å². The van der Waals surface area contributed by atoms with E-state index in [1.54, 1.807) is 18.2 Å². The molecule has 0 atom stereocenters. The number of nitrogens with zero attached hydrogens (tertiary/aromatic N) is 3. The highest BCUT2D eigenvalue weighted by Gasteiger charge is 2.30. The maximum Gasteiger partial charge on any atom is 0.416 e. The molecule has 0 aliphatic heterocycles. The standard InChI is InChI=1S/C26H23F3N4O5/c1-37-20-10-5-16(14-21(20)38-2)11-13-32-24(35)23-19(4-3-12-30-23)33(25(32)36)15-22(34)31-18-8-6-17(7-9-18)26(27,28)29/h3-10,12,14H,11,13,15H2,1-2H3,(H,31,34). The summed E-state index contributed by atoms with van der Waals surface area (Å²) in [6, 6.07) is 12.2. The molecular formula is C26H23F3N4O5. The van der Waals surface area contributed by atoms with Crippen molar-refractivity contribution < 1.29 is 27.4 Å². The third kappa shape index (κ3) is 5.53. The monoisotopic (exact) mass is 528 g/mol. The zero-order valence-corrected chi connectivity index (χ0v) is 20.4. The van der Waals surface area contributed by atoms with Crippen molar-refractivity contribution in [2.45, 2.75) is 25.7 Å². The van der Waals surface area contributed by atoms with E-state index in [9.17, 15) is 27.6 Å². The lowest BCUT2D eigenvalue weighted by Crippen LogP contribution is -2.42. The second kappa shape index (κ2) is 10.8. The zero-order chi connectivity index (χ0) is 27.4. The predicted molar refractivity (Wildman–Crippen MR) is 134 cm³/mol. The van der Waals surface area contributed by atoms with E-state index in [4.69, 9.17) is 9.47 Å². The Morgan fingerprint density at radius 2 is 1.68 bits per heavy atom. The molecule has 9 nitrogen and oxygen atoms in total. The van der Waals surface area contributed by atoms with Gasteiger partial charge in [0.15, 0.2) is 17.0 Å². The van der Waals surface area contributed by atoms with Gasteiger partial charge in [-0.3, -0.25) is 18.7 Å². The number of anilines is 1. The second-order valence-electron chi connectivity index (χ2n) is 8.26. The Bertz CT molecular complexity index is 1590. The van der Waals surface area contributed by atoms with Crippen molar-refractivity contribution in [1.29, 1.82) is 0 Å². The Morgan fingerprint density at radius 3 is 2.34 bits per heavy atom. The van der Waals surface area contributed by atoms with Crippen molar-refractivity contribution in [2.24, 2.45) is 0 Å². The summed E-state index contributed by atoms with van der Waals surface area (Å²) >= 11 is 0. The first kappa shape index (κ1) is 26.5. The van der Waals surface area contributed by atoms with Crippen LogP contribution in [0.5, 0.6) is 11.5 Å². The lowest BCUT2D eigenvalue weighted by Gasteiger charge is -2.14. The maximum atomic E-state index is 13.3. The molecule has 2 aromatic carbocycles. The van der Waals surface area contributed by atoms with E-state index in [0.717, 1.165) is 39.0 Å². The molecule has 0 aliphatic rings. The van der Waals surface area contributed by atoms with Crippen LogP contribution in [0.15, 0.2) is 70.4 Å². The topological polar surface area (TPSA) is 104 Å².